The number of benzene rings is 2. The molecule has 6 nitrogen and oxygen atoms in total. The van der Waals surface area contributed by atoms with Gasteiger partial charge in [0.15, 0.2) is 6.61 Å². The van der Waals surface area contributed by atoms with Gasteiger partial charge < -0.3 is 15.4 Å². The number of carbonyl (C=O) groups excluding carboxylic acids is 3. The van der Waals surface area contributed by atoms with Gasteiger partial charge >= 0.3 is 5.97 Å². The fraction of sp³-hybridized carbons (Fsp3) is 0.348. The highest BCUT2D eigenvalue weighted by atomic mass is 19.1. The molecule has 0 aliphatic carbocycles. The maximum atomic E-state index is 13.2. The lowest BCUT2D eigenvalue weighted by Gasteiger charge is -2.23. The molecule has 0 saturated carbocycles. The quantitative estimate of drug-likeness (QED) is 0.703. The Hall–Kier alpha value is -3.22. The number of amides is 2. The number of ether oxygens (including phenoxy) is 1. The molecule has 160 valence electrons. The van der Waals surface area contributed by atoms with E-state index in [0.717, 1.165) is 27.8 Å². The Bertz CT molecular complexity index is 955. The summed E-state index contributed by atoms with van der Waals surface area (Å²) in [5, 5.41) is 0. The van der Waals surface area contributed by atoms with Crippen LogP contribution in [0.1, 0.15) is 44.6 Å². The molecule has 2 amide bonds. The molecular formula is C23H27FN2O4. The van der Waals surface area contributed by atoms with Crippen molar-refractivity contribution in [1.29, 1.82) is 0 Å². The van der Waals surface area contributed by atoms with Crippen LogP contribution in [0.4, 0.5) is 10.1 Å². The summed E-state index contributed by atoms with van der Waals surface area (Å²) in [6.45, 7) is 9.08. The smallest absolute Gasteiger partial charge is 0.339 e. The number of carbonyl (C=O) groups is 3. The molecule has 0 aliphatic rings. The highest BCUT2D eigenvalue weighted by Gasteiger charge is 2.22. The van der Waals surface area contributed by atoms with E-state index < -0.39 is 30.2 Å². The lowest BCUT2D eigenvalue weighted by molar-refractivity contribution is -0.121. The highest BCUT2D eigenvalue weighted by Crippen LogP contribution is 2.26. The van der Waals surface area contributed by atoms with E-state index in [1.807, 2.05) is 34.6 Å². The van der Waals surface area contributed by atoms with Crippen LogP contribution in [0.3, 0.4) is 0 Å². The van der Waals surface area contributed by atoms with E-state index in [-0.39, 0.29) is 13.0 Å². The lowest BCUT2D eigenvalue weighted by Crippen LogP contribution is -2.37. The molecule has 2 rings (SSSR count). The second-order valence-electron chi connectivity index (χ2n) is 7.31. The zero-order valence-electron chi connectivity index (χ0n) is 18.0. The van der Waals surface area contributed by atoms with Crippen molar-refractivity contribution in [1.82, 2.24) is 0 Å². The topological polar surface area (TPSA) is 89.7 Å². The monoisotopic (exact) mass is 414 g/mol. The lowest BCUT2D eigenvalue weighted by atomic mass is 9.90. The summed E-state index contributed by atoms with van der Waals surface area (Å²) in [6, 6.07) is 5.24. The van der Waals surface area contributed by atoms with Crippen LogP contribution in [0.25, 0.3) is 0 Å². The minimum Gasteiger partial charge on any atom is -0.452 e. The second-order valence-corrected chi connectivity index (χ2v) is 7.31. The molecule has 0 bridgehead atoms. The number of hydrogen-bond acceptors (Lipinski definition) is 4. The van der Waals surface area contributed by atoms with Crippen molar-refractivity contribution in [3.63, 3.8) is 0 Å². The molecule has 0 aromatic heterocycles. The van der Waals surface area contributed by atoms with E-state index in [9.17, 15) is 18.8 Å². The molecule has 2 N–H and O–H groups in total. The first-order chi connectivity index (χ1) is 14.0. The molecule has 0 heterocycles. The molecule has 0 fully saturated rings. The molecule has 0 saturated heterocycles. The molecule has 0 aliphatic heterocycles. The van der Waals surface area contributed by atoms with E-state index in [4.69, 9.17) is 10.5 Å². The first-order valence-corrected chi connectivity index (χ1v) is 9.62. The van der Waals surface area contributed by atoms with E-state index in [2.05, 4.69) is 0 Å². The van der Waals surface area contributed by atoms with Gasteiger partial charge in [-0.3, -0.25) is 9.59 Å². The number of nitrogens with zero attached hydrogens (tertiary/aromatic N) is 1. The molecule has 0 unspecified atom stereocenters. The Balaban J connectivity index is 2.21. The Morgan fingerprint density at radius 1 is 0.900 bits per heavy atom. The summed E-state index contributed by atoms with van der Waals surface area (Å²) in [5.74, 6) is -2.15. The molecule has 2 aromatic rings. The van der Waals surface area contributed by atoms with E-state index in [1.165, 1.54) is 29.2 Å². The van der Waals surface area contributed by atoms with Gasteiger partial charge in [0.25, 0.3) is 5.91 Å². The fourth-order valence-corrected chi connectivity index (χ4v) is 3.32. The maximum Gasteiger partial charge on any atom is 0.339 e. The minimum atomic E-state index is -0.585. The van der Waals surface area contributed by atoms with Gasteiger partial charge in [0.2, 0.25) is 5.91 Å². The van der Waals surface area contributed by atoms with E-state index in [0.29, 0.717) is 11.3 Å². The average molecular weight is 414 g/mol. The zero-order valence-corrected chi connectivity index (χ0v) is 18.0. The van der Waals surface area contributed by atoms with Crippen LogP contribution in [-0.2, 0) is 14.3 Å². The van der Waals surface area contributed by atoms with Crippen molar-refractivity contribution in [2.75, 3.05) is 18.1 Å². The van der Waals surface area contributed by atoms with Crippen LogP contribution in [0, 0.1) is 40.4 Å². The summed E-state index contributed by atoms with van der Waals surface area (Å²) in [7, 11) is 0. The third kappa shape index (κ3) is 5.03. The van der Waals surface area contributed by atoms with Crippen molar-refractivity contribution in [3.05, 3.63) is 63.5 Å². The van der Waals surface area contributed by atoms with Crippen LogP contribution in [0.5, 0.6) is 0 Å². The van der Waals surface area contributed by atoms with E-state index >= 15 is 0 Å². The highest BCUT2D eigenvalue weighted by molar-refractivity contribution is 5.98. The molecule has 7 heteroatoms. The van der Waals surface area contributed by atoms with Crippen molar-refractivity contribution in [2.45, 2.75) is 41.0 Å². The maximum absolute atomic E-state index is 13.2. The van der Waals surface area contributed by atoms with Crippen LogP contribution in [0.15, 0.2) is 24.3 Å². The van der Waals surface area contributed by atoms with Crippen LogP contribution >= 0.6 is 0 Å². The first-order valence-electron chi connectivity index (χ1n) is 9.62. The third-order valence-corrected chi connectivity index (χ3v) is 5.55. The normalized spacial score (nSPS) is 10.6. The third-order valence-electron chi connectivity index (χ3n) is 5.55. The van der Waals surface area contributed by atoms with Gasteiger partial charge in [-0.05, 0) is 86.7 Å². The van der Waals surface area contributed by atoms with Gasteiger partial charge in [0, 0.05) is 18.7 Å². The average Bonchev–Trinajstić information content (AvgIpc) is 2.70. The number of esters is 1. The molecule has 0 atom stereocenters. The number of hydrogen-bond donors (Lipinski definition) is 1. The standard InChI is InChI=1S/C23H27FN2O4/c1-13-14(2)16(4)22(17(5)15(13)3)23(29)30-12-21(28)26(11-10-20(25)27)19-8-6-18(24)7-9-19/h6-9H,10-12H2,1-5H3,(H2,25,27). The number of rotatable bonds is 7. The van der Waals surface area contributed by atoms with E-state index in [1.54, 1.807) is 0 Å². The van der Waals surface area contributed by atoms with Crippen molar-refractivity contribution >= 4 is 23.5 Å². The van der Waals surface area contributed by atoms with Crippen LogP contribution < -0.4 is 10.6 Å². The second kappa shape index (κ2) is 9.52. The van der Waals surface area contributed by atoms with Gasteiger partial charge in [-0.2, -0.15) is 0 Å². The summed E-state index contributed by atoms with van der Waals surface area (Å²) in [4.78, 5) is 37.9. The van der Waals surface area contributed by atoms with Gasteiger partial charge in [-0.25, -0.2) is 9.18 Å². The molecular weight excluding hydrogens is 387 g/mol. The predicted molar refractivity (Wildman–Crippen MR) is 113 cm³/mol. The number of primary amides is 1. The summed E-state index contributed by atoms with van der Waals surface area (Å²) in [6.07, 6.45) is -0.0777. The molecule has 30 heavy (non-hydrogen) atoms. The number of nitrogens with two attached hydrogens (primary N) is 1. The Labute approximate surface area is 175 Å². The number of halogens is 1. The van der Waals surface area contributed by atoms with Gasteiger partial charge in [-0.15, -0.1) is 0 Å². The Morgan fingerprint density at radius 3 is 1.90 bits per heavy atom. The van der Waals surface area contributed by atoms with Crippen LogP contribution in [-0.4, -0.2) is 30.9 Å². The Morgan fingerprint density at radius 2 is 1.40 bits per heavy atom. The Kier molecular flexibility index (Phi) is 7.32. The van der Waals surface area contributed by atoms with Gasteiger partial charge in [0.1, 0.15) is 5.82 Å². The molecule has 0 spiro atoms. The molecule has 0 radical (unpaired) electrons. The first kappa shape index (κ1) is 23.1. The van der Waals surface area contributed by atoms with Crippen molar-refractivity contribution in [3.8, 4) is 0 Å². The van der Waals surface area contributed by atoms with Gasteiger partial charge in [0.05, 0.1) is 5.56 Å². The van der Waals surface area contributed by atoms with Crippen molar-refractivity contribution < 1.29 is 23.5 Å². The summed E-state index contributed by atoms with van der Waals surface area (Å²) >= 11 is 0. The summed E-state index contributed by atoms with van der Waals surface area (Å²) in [5.41, 5.74) is 10.8. The van der Waals surface area contributed by atoms with Gasteiger partial charge in [-0.1, -0.05) is 0 Å². The van der Waals surface area contributed by atoms with Crippen LogP contribution in [0.2, 0.25) is 0 Å². The number of anilines is 1. The predicted octanol–water partition coefficient (Wildman–Crippen LogP) is 3.43. The SMILES string of the molecule is Cc1c(C)c(C)c(C(=O)OCC(=O)N(CCC(N)=O)c2ccc(F)cc2)c(C)c1C. The fourth-order valence-electron chi connectivity index (χ4n) is 3.32. The minimum absolute atomic E-state index is 0.00183. The zero-order chi connectivity index (χ0) is 22.6. The molecule has 2 aromatic carbocycles. The largest absolute Gasteiger partial charge is 0.452 e. The summed E-state index contributed by atoms with van der Waals surface area (Å²) < 4.78 is 18.5. The van der Waals surface area contributed by atoms with Crippen molar-refractivity contribution in [2.24, 2.45) is 5.73 Å².